The van der Waals surface area contributed by atoms with Gasteiger partial charge in [0.15, 0.2) is 0 Å². The molecular formula is C12H14ClN3O. The smallest absolute Gasteiger partial charge is 0.275 e. The molecule has 0 radical (unpaired) electrons. The number of aromatic amines is 1. The number of nitrogens with zero attached hydrogens (tertiary/aromatic N) is 1. The van der Waals surface area contributed by atoms with Crippen LogP contribution >= 0.6 is 11.6 Å². The Morgan fingerprint density at radius 3 is 2.65 bits per heavy atom. The topological polar surface area (TPSA) is 63.8 Å². The van der Waals surface area contributed by atoms with Crippen molar-refractivity contribution in [1.29, 1.82) is 0 Å². The van der Waals surface area contributed by atoms with Gasteiger partial charge in [0.05, 0.1) is 11.3 Å². The first-order chi connectivity index (χ1) is 8.04. The molecule has 0 saturated carbocycles. The van der Waals surface area contributed by atoms with Crippen molar-refractivity contribution in [2.24, 2.45) is 5.73 Å². The van der Waals surface area contributed by atoms with Crippen LogP contribution in [0, 0.1) is 13.8 Å². The molecule has 0 saturated heterocycles. The van der Waals surface area contributed by atoms with Gasteiger partial charge in [0.2, 0.25) is 0 Å². The molecule has 1 aromatic carbocycles. The Bertz CT molecular complexity index is 613. The molecule has 0 bridgehead atoms. The van der Waals surface area contributed by atoms with E-state index in [4.69, 9.17) is 17.3 Å². The second kappa shape index (κ2) is 4.39. The van der Waals surface area contributed by atoms with E-state index < -0.39 is 0 Å². The number of nitrogens with one attached hydrogen (secondary N) is 1. The predicted octanol–water partition coefficient (Wildman–Crippen LogP) is 1.89. The number of hydrogen-bond acceptors (Lipinski definition) is 2. The Hall–Kier alpha value is -1.52. The molecule has 2 aromatic rings. The van der Waals surface area contributed by atoms with E-state index >= 15 is 0 Å². The van der Waals surface area contributed by atoms with Crippen molar-refractivity contribution >= 4 is 11.6 Å². The van der Waals surface area contributed by atoms with Gasteiger partial charge in [0, 0.05) is 17.3 Å². The molecule has 2 rings (SSSR count). The lowest BCUT2D eigenvalue weighted by Gasteiger charge is -2.06. The quantitative estimate of drug-likeness (QED) is 0.856. The minimum atomic E-state index is -0.101. The number of hydrogen-bond donors (Lipinski definition) is 2. The first-order valence-electron chi connectivity index (χ1n) is 5.31. The van der Waals surface area contributed by atoms with E-state index in [0.29, 0.717) is 10.6 Å². The molecule has 0 aliphatic rings. The van der Waals surface area contributed by atoms with Crippen molar-refractivity contribution in [1.82, 2.24) is 9.78 Å². The maximum absolute atomic E-state index is 12.1. The van der Waals surface area contributed by atoms with Gasteiger partial charge in [-0.15, -0.1) is 0 Å². The van der Waals surface area contributed by atoms with E-state index in [1.807, 2.05) is 26.0 Å². The standard InChI is InChI=1S/C12H14ClN3O/c1-7-5-9(13)3-4-11(7)16-12(17)10(6-14)8(2)15-16/h3-5,15H,6,14H2,1-2H3. The SMILES string of the molecule is Cc1cc(Cl)ccc1-n1[nH]c(C)c(CN)c1=O. The largest absolute Gasteiger partial charge is 0.326 e. The first-order valence-corrected chi connectivity index (χ1v) is 5.69. The van der Waals surface area contributed by atoms with Crippen LogP contribution in [0.1, 0.15) is 16.8 Å². The van der Waals surface area contributed by atoms with Gasteiger partial charge in [-0.05, 0) is 37.6 Å². The molecule has 5 heteroatoms. The van der Waals surface area contributed by atoms with Crippen molar-refractivity contribution < 1.29 is 0 Å². The van der Waals surface area contributed by atoms with Crippen molar-refractivity contribution in [3.05, 3.63) is 50.4 Å². The van der Waals surface area contributed by atoms with Crippen molar-refractivity contribution in [3.8, 4) is 5.69 Å². The van der Waals surface area contributed by atoms with E-state index in [1.54, 1.807) is 6.07 Å². The number of aromatic nitrogens is 2. The van der Waals surface area contributed by atoms with Gasteiger partial charge in [-0.25, -0.2) is 4.68 Å². The summed E-state index contributed by atoms with van der Waals surface area (Å²) in [6.45, 7) is 3.98. The molecule has 0 spiro atoms. The fraction of sp³-hybridized carbons (Fsp3) is 0.250. The van der Waals surface area contributed by atoms with Gasteiger partial charge in [-0.1, -0.05) is 11.6 Å². The summed E-state index contributed by atoms with van der Waals surface area (Å²) in [5.74, 6) is 0. The van der Waals surface area contributed by atoms with Crippen molar-refractivity contribution in [3.63, 3.8) is 0 Å². The Balaban J connectivity index is 2.65. The normalized spacial score (nSPS) is 10.8. The van der Waals surface area contributed by atoms with Crippen LogP contribution in [0.5, 0.6) is 0 Å². The van der Waals surface area contributed by atoms with Crippen LogP contribution in [0.3, 0.4) is 0 Å². The molecule has 0 fully saturated rings. The second-order valence-electron chi connectivity index (χ2n) is 3.99. The average Bonchev–Trinajstić information content (AvgIpc) is 2.54. The minimum absolute atomic E-state index is 0.101. The van der Waals surface area contributed by atoms with Gasteiger partial charge >= 0.3 is 0 Å². The summed E-state index contributed by atoms with van der Waals surface area (Å²) < 4.78 is 1.50. The molecule has 90 valence electrons. The molecule has 1 heterocycles. The van der Waals surface area contributed by atoms with Crippen LogP contribution in [0.25, 0.3) is 5.69 Å². The van der Waals surface area contributed by atoms with Gasteiger partial charge in [0.25, 0.3) is 5.56 Å². The summed E-state index contributed by atoms with van der Waals surface area (Å²) in [5.41, 5.74) is 8.59. The molecule has 3 N–H and O–H groups in total. The number of H-pyrrole nitrogens is 1. The van der Waals surface area contributed by atoms with Gasteiger partial charge in [-0.2, -0.15) is 0 Å². The Morgan fingerprint density at radius 2 is 2.12 bits per heavy atom. The molecule has 0 aliphatic carbocycles. The van der Waals surface area contributed by atoms with E-state index in [-0.39, 0.29) is 12.1 Å². The minimum Gasteiger partial charge on any atom is -0.326 e. The third-order valence-electron chi connectivity index (χ3n) is 2.80. The third kappa shape index (κ3) is 2.01. The molecule has 4 nitrogen and oxygen atoms in total. The third-order valence-corrected chi connectivity index (χ3v) is 3.03. The van der Waals surface area contributed by atoms with Crippen LogP contribution in [0.15, 0.2) is 23.0 Å². The molecule has 0 unspecified atom stereocenters. The number of halogens is 1. The Morgan fingerprint density at radius 1 is 1.41 bits per heavy atom. The first kappa shape index (κ1) is 12.0. The van der Waals surface area contributed by atoms with Gasteiger partial charge in [-0.3, -0.25) is 9.89 Å². The predicted molar refractivity (Wildman–Crippen MR) is 68.8 cm³/mol. The summed E-state index contributed by atoms with van der Waals surface area (Å²) in [6.07, 6.45) is 0. The summed E-state index contributed by atoms with van der Waals surface area (Å²) in [4.78, 5) is 12.1. The molecule has 0 amide bonds. The van der Waals surface area contributed by atoms with Crippen LogP contribution < -0.4 is 11.3 Å². The van der Waals surface area contributed by atoms with Crippen LogP contribution in [-0.4, -0.2) is 9.78 Å². The summed E-state index contributed by atoms with van der Waals surface area (Å²) in [7, 11) is 0. The van der Waals surface area contributed by atoms with E-state index in [1.165, 1.54) is 4.68 Å². The molecule has 17 heavy (non-hydrogen) atoms. The lowest BCUT2D eigenvalue weighted by atomic mass is 10.2. The number of benzene rings is 1. The van der Waals surface area contributed by atoms with Crippen LogP contribution in [0.2, 0.25) is 5.02 Å². The molecule has 1 aromatic heterocycles. The summed E-state index contributed by atoms with van der Waals surface area (Å²) in [6, 6.07) is 5.39. The second-order valence-corrected chi connectivity index (χ2v) is 4.43. The van der Waals surface area contributed by atoms with E-state index in [2.05, 4.69) is 5.10 Å². The van der Waals surface area contributed by atoms with Gasteiger partial charge < -0.3 is 5.73 Å². The highest BCUT2D eigenvalue weighted by molar-refractivity contribution is 6.30. The highest BCUT2D eigenvalue weighted by atomic mass is 35.5. The zero-order valence-corrected chi connectivity index (χ0v) is 10.5. The van der Waals surface area contributed by atoms with Crippen LogP contribution in [0.4, 0.5) is 0 Å². The molecule has 0 aliphatic heterocycles. The lowest BCUT2D eigenvalue weighted by molar-refractivity contribution is 0.828. The van der Waals surface area contributed by atoms with Crippen molar-refractivity contribution in [2.45, 2.75) is 20.4 Å². The number of nitrogens with two attached hydrogens (primary N) is 1. The Labute approximate surface area is 104 Å². The maximum atomic E-state index is 12.1. The maximum Gasteiger partial charge on any atom is 0.275 e. The highest BCUT2D eigenvalue weighted by Gasteiger charge is 2.12. The monoisotopic (exact) mass is 251 g/mol. The zero-order valence-electron chi connectivity index (χ0n) is 9.75. The average molecular weight is 252 g/mol. The number of aryl methyl sites for hydroxylation is 2. The molecule has 0 atom stereocenters. The highest BCUT2D eigenvalue weighted by Crippen LogP contribution is 2.17. The zero-order chi connectivity index (χ0) is 12.6. The summed E-state index contributed by atoms with van der Waals surface area (Å²) in [5, 5.41) is 3.68. The van der Waals surface area contributed by atoms with E-state index in [9.17, 15) is 4.79 Å². The van der Waals surface area contributed by atoms with Gasteiger partial charge in [0.1, 0.15) is 0 Å². The fourth-order valence-electron chi connectivity index (χ4n) is 1.86. The van der Waals surface area contributed by atoms with Crippen molar-refractivity contribution in [2.75, 3.05) is 0 Å². The van der Waals surface area contributed by atoms with Crippen LogP contribution in [-0.2, 0) is 6.54 Å². The van der Waals surface area contributed by atoms with E-state index in [0.717, 1.165) is 16.9 Å². The number of rotatable bonds is 2. The summed E-state index contributed by atoms with van der Waals surface area (Å²) >= 11 is 5.89. The molecular weight excluding hydrogens is 238 g/mol. The Kier molecular flexibility index (Phi) is 3.09. The lowest BCUT2D eigenvalue weighted by Crippen LogP contribution is -2.19. The fourth-order valence-corrected chi connectivity index (χ4v) is 2.09.